The van der Waals surface area contributed by atoms with Crippen molar-refractivity contribution in [1.82, 2.24) is 5.32 Å². The number of carboxylic acid groups (broad SMARTS) is 1. The van der Waals surface area contributed by atoms with Crippen molar-refractivity contribution in [2.24, 2.45) is 0 Å². The number of aryl methyl sites for hydroxylation is 1. The van der Waals surface area contributed by atoms with Gasteiger partial charge in [-0.2, -0.15) is 0 Å². The van der Waals surface area contributed by atoms with Crippen LogP contribution >= 0.6 is 0 Å². The SMILES string of the molecule is CCC(CC(=O)O)NC(=O)c1cc(C)ccc1F. The van der Waals surface area contributed by atoms with E-state index in [1.807, 2.05) is 0 Å². The number of carboxylic acids is 1. The largest absolute Gasteiger partial charge is 0.481 e. The summed E-state index contributed by atoms with van der Waals surface area (Å²) < 4.78 is 13.5. The minimum absolute atomic E-state index is 0.0566. The van der Waals surface area contributed by atoms with Gasteiger partial charge in [0.15, 0.2) is 0 Å². The number of benzene rings is 1. The second-order valence-corrected chi connectivity index (χ2v) is 4.16. The maximum Gasteiger partial charge on any atom is 0.305 e. The second-order valence-electron chi connectivity index (χ2n) is 4.16. The molecule has 0 spiro atoms. The van der Waals surface area contributed by atoms with Gasteiger partial charge in [-0.25, -0.2) is 4.39 Å². The lowest BCUT2D eigenvalue weighted by molar-refractivity contribution is -0.137. The van der Waals surface area contributed by atoms with E-state index in [4.69, 9.17) is 5.11 Å². The van der Waals surface area contributed by atoms with Crippen LogP contribution in [0.25, 0.3) is 0 Å². The summed E-state index contributed by atoms with van der Waals surface area (Å²) in [5.74, 6) is -2.18. The molecule has 1 unspecified atom stereocenters. The summed E-state index contributed by atoms with van der Waals surface area (Å²) in [6, 6.07) is 3.75. The molecule has 0 bridgehead atoms. The Bertz CT molecular complexity index is 460. The van der Waals surface area contributed by atoms with Gasteiger partial charge in [0, 0.05) is 6.04 Å². The van der Waals surface area contributed by atoms with Crippen LogP contribution in [0, 0.1) is 12.7 Å². The number of halogens is 1. The molecular formula is C13H16FNO3. The van der Waals surface area contributed by atoms with Gasteiger partial charge in [-0.15, -0.1) is 0 Å². The van der Waals surface area contributed by atoms with Gasteiger partial charge in [0.2, 0.25) is 0 Å². The average molecular weight is 253 g/mol. The molecule has 0 aliphatic carbocycles. The van der Waals surface area contributed by atoms with Crippen LogP contribution < -0.4 is 5.32 Å². The van der Waals surface area contributed by atoms with Crippen molar-refractivity contribution >= 4 is 11.9 Å². The van der Waals surface area contributed by atoms with Crippen molar-refractivity contribution in [3.05, 3.63) is 35.1 Å². The van der Waals surface area contributed by atoms with E-state index in [-0.39, 0.29) is 12.0 Å². The van der Waals surface area contributed by atoms with Crippen LogP contribution in [0.1, 0.15) is 35.7 Å². The zero-order valence-electron chi connectivity index (χ0n) is 10.4. The predicted octanol–water partition coefficient (Wildman–Crippen LogP) is 2.12. The van der Waals surface area contributed by atoms with E-state index in [0.29, 0.717) is 6.42 Å². The van der Waals surface area contributed by atoms with Crippen LogP contribution in [0.3, 0.4) is 0 Å². The predicted molar refractivity (Wildman–Crippen MR) is 64.9 cm³/mol. The summed E-state index contributed by atoms with van der Waals surface area (Å²) in [5.41, 5.74) is 0.715. The Kier molecular flexibility index (Phi) is 4.83. The van der Waals surface area contributed by atoms with Crippen LogP contribution in [0.2, 0.25) is 0 Å². The summed E-state index contributed by atoms with van der Waals surface area (Å²) in [4.78, 5) is 22.4. The summed E-state index contributed by atoms with van der Waals surface area (Å²) in [6.07, 6.45) is 0.307. The summed E-state index contributed by atoms with van der Waals surface area (Å²) >= 11 is 0. The Morgan fingerprint density at radius 2 is 2.11 bits per heavy atom. The molecule has 0 aliphatic rings. The van der Waals surface area contributed by atoms with Gasteiger partial charge < -0.3 is 10.4 Å². The molecule has 2 N–H and O–H groups in total. The van der Waals surface area contributed by atoms with E-state index < -0.39 is 23.7 Å². The molecule has 0 saturated heterocycles. The van der Waals surface area contributed by atoms with E-state index in [9.17, 15) is 14.0 Å². The lowest BCUT2D eigenvalue weighted by Crippen LogP contribution is -2.36. The molecule has 98 valence electrons. The lowest BCUT2D eigenvalue weighted by atomic mass is 10.1. The van der Waals surface area contributed by atoms with Crippen molar-refractivity contribution in [3.63, 3.8) is 0 Å². The maximum absolute atomic E-state index is 13.5. The van der Waals surface area contributed by atoms with Crippen molar-refractivity contribution in [2.75, 3.05) is 0 Å². The normalized spacial score (nSPS) is 11.9. The number of hydrogen-bond donors (Lipinski definition) is 2. The van der Waals surface area contributed by atoms with Gasteiger partial charge in [-0.05, 0) is 25.5 Å². The van der Waals surface area contributed by atoms with Crippen LogP contribution in [-0.2, 0) is 4.79 Å². The minimum atomic E-state index is -0.994. The Morgan fingerprint density at radius 3 is 2.67 bits per heavy atom. The Morgan fingerprint density at radius 1 is 1.44 bits per heavy atom. The van der Waals surface area contributed by atoms with Crippen LogP contribution in [0.5, 0.6) is 0 Å². The van der Waals surface area contributed by atoms with Gasteiger partial charge in [-0.3, -0.25) is 9.59 Å². The molecular weight excluding hydrogens is 237 g/mol. The first kappa shape index (κ1) is 14.2. The number of amides is 1. The molecule has 0 fully saturated rings. The molecule has 1 aromatic rings. The first-order valence-corrected chi connectivity index (χ1v) is 5.72. The van der Waals surface area contributed by atoms with Crippen LogP contribution in [-0.4, -0.2) is 23.0 Å². The number of aliphatic carboxylic acids is 1. The third kappa shape index (κ3) is 3.84. The summed E-state index contributed by atoms with van der Waals surface area (Å²) in [6.45, 7) is 3.52. The Balaban J connectivity index is 2.80. The molecule has 5 heteroatoms. The first-order valence-electron chi connectivity index (χ1n) is 5.72. The average Bonchev–Trinajstić information content (AvgIpc) is 2.30. The minimum Gasteiger partial charge on any atom is -0.481 e. The quantitative estimate of drug-likeness (QED) is 0.844. The van der Waals surface area contributed by atoms with E-state index in [0.717, 1.165) is 5.56 Å². The molecule has 1 amide bonds. The fraction of sp³-hybridized carbons (Fsp3) is 0.385. The topological polar surface area (TPSA) is 66.4 Å². The van der Waals surface area contributed by atoms with Crippen molar-refractivity contribution in [2.45, 2.75) is 32.7 Å². The number of rotatable bonds is 5. The first-order chi connectivity index (χ1) is 8.43. The van der Waals surface area contributed by atoms with E-state index in [1.165, 1.54) is 12.1 Å². The summed E-state index contributed by atoms with van der Waals surface area (Å²) in [5, 5.41) is 11.2. The highest BCUT2D eigenvalue weighted by atomic mass is 19.1. The molecule has 0 aliphatic heterocycles. The fourth-order valence-electron chi connectivity index (χ4n) is 1.58. The van der Waals surface area contributed by atoms with Gasteiger partial charge in [0.25, 0.3) is 5.91 Å². The van der Waals surface area contributed by atoms with Crippen molar-refractivity contribution < 1.29 is 19.1 Å². The highest BCUT2D eigenvalue weighted by Crippen LogP contribution is 2.11. The number of carbonyl (C=O) groups excluding carboxylic acids is 1. The monoisotopic (exact) mass is 253 g/mol. The zero-order chi connectivity index (χ0) is 13.7. The van der Waals surface area contributed by atoms with Gasteiger partial charge in [-0.1, -0.05) is 18.6 Å². The lowest BCUT2D eigenvalue weighted by Gasteiger charge is -2.15. The molecule has 0 radical (unpaired) electrons. The molecule has 0 aromatic heterocycles. The standard InChI is InChI=1S/C13H16FNO3/c1-3-9(7-12(16)17)15-13(18)10-6-8(2)4-5-11(10)14/h4-6,9H,3,7H2,1-2H3,(H,15,18)(H,16,17). The maximum atomic E-state index is 13.5. The smallest absolute Gasteiger partial charge is 0.305 e. The van der Waals surface area contributed by atoms with Crippen LogP contribution in [0.4, 0.5) is 4.39 Å². The molecule has 1 aromatic carbocycles. The zero-order valence-corrected chi connectivity index (χ0v) is 10.4. The summed E-state index contributed by atoms with van der Waals surface area (Å²) in [7, 11) is 0. The third-order valence-corrected chi connectivity index (χ3v) is 2.62. The van der Waals surface area contributed by atoms with Gasteiger partial charge in [0.05, 0.1) is 12.0 Å². The molecule has 4 nitrogen and oxygen atoms in total. The number of nitrogens with one attached hydrogen (secondary N) is 1. The van der Waals surface area contributed by atoms with Gasteiger partial charge >= 0.3 is 5.97 Å². The Hall–Kier alpha value is -1.91. The molecule has 0 saturated carbocycles. The fourth-order valence-corrected chi connectivity index (χ4v) is 1.58. The van der Waals surface area contributed by atoms with Crippen molar-refractivity contribution in [1.29, 1.82) is 0 Å². The highest BCUT2D eigenvalue weighted by Gasteiger charge is 2.17. The third-order valence-electron chi connectivity index (χ3n) is 2.62. The van der Waals surface area contributed by atoms with Crippen molar-refractivity contribution in [3.8, 4) is 0 Å². The molecule has 1 rings (SSSR count). The van der Waals surface area contributed by atoms with Crippen LogP contribution in [0.15, 0.2) is 18.2 Å². The molecule has 0 heterocycles. The van der Waals surface area contributed by atoms with E-state index in [1.54, 1.807) is 19.9 Å². The number of carbonyl (C=O) groups is 2. The molecule has 1 atom stereocenters. The van der Waals surface area contributed by atoms with Gasteiger partial charge in [0.1, 0.15) is 5.82 Å². The Labute approximate surface area is 105 Å². The molecule has 18 heavy (non-hydrogen) atoms. The highest BCUT2D eigenvalue weighted by molar-refractivity contribution is 5.95. The van der Waals surface area contributed by atoms with E-state index >= 15 is 0 Å². The second kappa shape index (κ2) is 6.14. The van der Waals surface area contributed by atoms with E-state index in [2.05, 4.69) is 5.32 Å². The number of hydrogen-bond acceptors (Lipinski definition) is 2.